The molecular formula is C17H22N4O2. The summed E-state index contributed by atoms with van der Waals surface area (Å²) < 4.78 is 11.1. The molecule has 6 heteroatoms. The van der Waals surface area contributed by atoms with Crippen molar-refractivity contribution in [3.8, 4) is 0 Å². The van der Waals surface area contributed by atoms with Gasteiger partial charge in [0.15, 0.2) is 0 Å². The van der Waals surface area contributed by atoms with Crippen LogP contribution in [-0.2, 0) is 11.3 Å². The average molecular weight is 314 g/mol. The molecule has 2 aromatic rings. The minimum atomic E-state index is 0.166. The van der Waals surface area contributed by atoms with Crippen LogP contribution in [0.5, 0.6) is 0 Å². The van der Waals surface area contributed by atoms with Crippen molar-refractivity contribution in [2.45, 2.75) is 13.0 Å². The number of furan rings is 1. The highest BCUT2D eigenvalue weighted by Gasteiger charge is 2.41. The zero-order valence-electron chi connectivity index (χ0n) is 13.2. The van der Waals surface area contributed by atoms with E-state index in [1.807, 2.05) is 30.8 Å². The first-order chi connectivity index (χ1) is 11.3. The van der Waals surface area contributed by atoms with Crippen molar-refractivity contribution in [3.05, 3.63) is 42.6 Å². The van der Waals surface area contributed by atoms with Gasteiger partial charge in [0.2, 0.25) is 5.95 Å². The maximum Gasteiger partial charge on any atom is 0.225 e. The van der Waals surface area contributed by atoms with Gasteiger partial charge in [0.25, 0.3) is 0 Å². The first-order valence-electron chi connectivity index (χ1n) is 8.16. The van der Waals surface area contributed by atoms with E-state index in [1.54, 1.807) is 6.26 Å². The van der Waals surface area contributed by atoms with Crippen LogP contribution in [0.1, 0.15) is 12.0 Å². The molecule has 2 aliphatic heterocycles. The fraction of sp³-hybridized carbons (Fsp3) is 0.529. The van der Waals surface area contributed by atoms with E-state index in [4.69, 9.17) is 9.15 Å². The Morgan fingerprint density at radius 1 is 1.17 bits per heavy atom. The number of anilines is 1. The van der Waals surface area contributed by atoms with Crippen LogP contribution >= 0.6 is 0 Å². The maximum absolute atomic E-state index is 5.93. The Kier molecular flexibility index (Phi) is 4.01. The molecule has 122 valence electrons. The SMILES string of the molecule is c1cnc(N2CC[C@@]3(COCCN(Cc4ccoc4)C3)C2)nc1. The third-order valence-corrected chi connectivity index (χ3v) is 4.78. The molecule has 0 unspecified atom stereocenters. The fourth-order valence-corrected chi connectivity index (χ4v) is 3.66. The monoisotopic (exact) mass is 314 g/mol. The lowest BCUT2D eigenvalue weighted by molar-refractivity contribution is 0.0798. The van der Waals surface area contributed by atoms with Gasteiger partial charge in [0.05, 0.1) is 25.7 Å². The summed E-state index contributed by atoms with van der Waals surface area (Å²) in [7, 11) is 0. The van der Waals surface area contributed by atoms with Gasteiger partial charge < -0.3 is 14.1 Å². The smallest absolute Gasteiger partial charge is 0.225 e. The molecule has 0 amide bonds. The molecule has 2 aromatic heterocycles. The first-order valence-corrected chi connectivity index (χ1v) is 8.16. The molecule has 0 aliphatic carbocycles. The maximum atomic E-state index is 5.93. The molecule has 23 heavy (non-hydrogen) atoms. The van der Waals surface area contributed by atoms with Crippen molar-refractivity contribution in [1.82, 2.24) is 14.9 Å². The van der Waals surface area contributed by atoms with E-state index in [1.165, 1.54) is 5.56 Å². The van der Waals surface area contributed by atoms with Crippen LogP contribution in [0.3, 0.4) is 0 Å². The topological polar surface area (TPSA) is 54.6 Å². The van der Waals surface area contributed by atoms with Crippen molar-refractivity contribution in [1.29, 1.82) is 0 Å². The lowest BCUT2D eigenvalue weighted by Gasteiger charge is -2.31. The largest absolute Gasteiger partial charge is 0.472 e. The number of nitrogens with zero attached hydrogens (tertiary/aromatic N) is 4. The van der Waals surface area contributed by atoms with Gasteiger partial charge >= 0.3 is 0 Å². The van der Waals surface area contributed by atoms with Crippen molar-refractivity contribution in [3.63, 3.8) is 0 Å². The number of hydrogen-bond acceptors (Lipinski definition) is 6. The van der Waals surface area contributed by atoms with Gasteiger partial charge in [-0.3, -0.25) is 4.90 Å². The first kappa shape index (κ1) is 14.7. The van der Waals surface area contributed by atoms with Crippen LogP contribution in [0, 0.1) is 5.41 Å². The molecular weight excluding hydrogens is 292 g/mol. The molecule has 0 bridgehead atoms. The quantitative estimate of drug-likeness (QED) is 0.861. The lowest BCUT2D eigenvalue weighted by Crippen LogP contribution is -2.40. The minimum Gasteiger partial charge on any atom is -0.472 e. The zero-order chi connectivity index (χ0) is 15.5. The van der Waals surface area contributed by atoms with Crippen LogP contribution in [0.25, 0.3) is 0 Å². The summed E-state index contributed by atoms with van der Waals surface area (Å²) in [5.41, 5.74) is 1.39. The minimum absolute atomic E-state index is 0.166. The molecule has 2 aliphatic rings. The average Bonchev–Trinajstić information content (AvgIpc) is 3.18. The highest BCUT2D eigenvalue weighted by molar-refractivity contribution is 5.32. The second-order valence-corrected chi connectivity index (χ2v) is 6.62. The van der Waals surface area contributed by atoms with Gasteiger partial charge in [-0.25, -0.2) is 9.97 Å². The van der Waals surface area contributed by atoms with Gasteiger partial charge in [-0.2, -0.15) is 0 Å². The Bertz CT molecular complexity index is 619. The van der Waals surface area contributed by atoms with Gasteiger partial charge in [0.1, 0.15) is 0 Å². The molecule has 0 saturated carbocycles. The molecule has 4 heterocycles. The molecule has 1 atom stereocenters. The predicted octanol–water partition coefficient (Wildman–Crippen LogP) is 1.80. The van der Waals surface area contributed by atoms with Gasteiger partial charge in [0, 0.05) is 56.1 Å². The summed E-state index contributed by atoms with van der Waals surface area (Å²) in [5.74, 6) is 0.829. The van der Waals surface area contributed by atoms with Crippen molar-refractivity contribution in [2.75, 3.05) is 44.3 Å². The Hall–Kier alpha value is -1.92. The Balaban J connectivity index is 1.46. The second-order valence-electron chi connectivity index (χ2n) is 6.62. The summed E-state index contributed by atoms with van der Waals surface area (Å²) in [5, 5.41) is 0. The summed E-state index contributed by atoms with van der Waals surface area (Å²) in [6.07, 6.45) is 8.30. The molecule has 2 fully saturated rings. The number of hydrogen-bond donors (Lipinski definition) is 0. The summed E-state index contributed by atoms with van der Waals surface area (Å²) in [4.78, 5) is 13.5. The third-order valence-electron chi connectivity index (χ3n) is 4.78. The second kappa shape index (κ2) is 6.29. The van der Waals surface area contributed by atoms with E-state index in [0.717, 1.165) is 58.3 Å². The Morgan fingerprint density at radius 3 is 2.91 bits per heavy atom. The standard InChI is InChI=1S/C17H22N4O2/c1-4-18-16(19-5-1)21-6-3-17(13-21)12-20(7-9-23-14-17)10-15-2-8-22-11-15/h1-2,4-5,8,11H,3,6-7,9-10,12-14H2/t17-/m0/s1. The van der Waals surface area contributed by atoms with E-state index in [0.29, 0.717) is 0 Å². The number of rotatable bonds is 3. The van der Waals surface area contributed by atoms with E-state index >= 15 is 0 Å². The summed E-state index contributed by atoms with van der Waals surface area (Å²) in [6, 6.07) is 3.90. The van der Waals surface area contributed by atoms with Crippen molar-refractivity contribution < 1.29 is 9.15 Å². The highest BCUT2D eigenvalue weighted by Crippen LogP contribution is 2.35. The molecule has 0 radical (unpaired) electrons. The van der Waals surface area contributed by atoms with Gasteiger partial charge in [-0.05, 0) is 18.6 Å². The van der Waals surface area contributed by atoms with E-state index in [-0.39, 0.29) is 5.41 Å². The number of aromatic nitrogens is 2. The molecule has 4 rings (SSSR count). The van der Waals surface area contributed by atoms with E-state index in [2.05, 4.69) is 19.8 Å². The summed E-state index contributed by atoms with van der Waals surface area (Å²) in [6.45, 7) is 6.49. The van der Waals surface area contributed by atoms with Crippen LogP contribution in [-0.4, -0.2) is 54.3 Å². The molecule has 1 spiro atoms. The third kappa shape index (κ3) is 3.23. The van der Waals surface area contributed by atoms with Gasteiger partial charge in [-0.1, -0.05) is 0 Å². The lowest BCUT2D eigenvalue weighted by atomic mass is 9.87. The van der Waals surface area contributed by atoms with Crippen LogP contribution < -0.4 is 4.90 Å². The zero-order valence-corrected chi connectivity index (χ0v) is 13.2. The molecule has 0 N–H and O–H groups in total. The normalized spacial score (nSPS) is 25.8. The van der Waals surface area contributed by atoms with Crippen LogP contribution in [0.15, 0.2) is 41.5 Å². The van der Waals surface area contributed by atoms with Crippen LogP contribution in [0.4, 0.5) is 5.95 Å². The fourth-order valence-electron chi connectivity index (χ4n) is 3.66. The predicted molar refractivity (Wildman–Crippen MR) is 86.1 cm³/mol. The van der Waals surface area contributed by atoms with Crippen molar-refractivity contribution >= 4 is 5.95 Å². The number of ether oxygens (including phenoxy) is 1. The van der Waals surface area contributed by atoms with Crippen LogP contribution in [0.2, 0.25) is 0 Å². The molecule has 6 nitrogen and oxygen atoms in total. The van der Waals surface area contributed by atoms with Crippen molar-refractivity contribution in [2.24, 2.45) is 5.41 Å². The van der Waals surface area contributed by atoms with E-state index in [9.17, 15) is 0 Å². The van der Waals surface area contributed by atoms with E-state index < -0.39 is 0 Å². The Labute approximate surface area is 136 Å². The van der Waals surface area contributed by atoms with Gasteiger partial charge in [-0.15, -0.1) is 0 Å². The Morgan fingerprint density at radius 2 is 2.09 bits per heavy atom. The highest BCUT2D eigenvalue weighted by atomic mass is 16.5. The summed E-state index contributed by atoms with van der Waals surface area (Å²) >= 11 is 0. The molecule has 0 aromatic carbocycles. The molecule has 2 saturated heterocycles.